The van der Waals surface area contributed by atoms with Crippen LogP contribution in [0, 0.1) is 5.21 Å². The summed E-state index contributed by atoms with van der Waals surface area (Å²) in [5.74, 6) is 0. The molecular weight excluding hydrogens is 170 g/mol. The van der Waals surface area contributed by atoms with E-state index in [1.54, 1.807) is 6.08 Å². The summed E-state index contributed by atoms with van der Waals surface area (Å²) >= 11 is 0. The fraction of sp³-hybridized carbons (Fsp3) is 0.333. The Morgan fingerprint density at radius 1 is 1.62 bits per heavy atom. The highest BCUT2D eigenvalue weighted by atomic mass is 17.1. The summed E-state index contributed by atoms with van der Waals surface area (Å²) < 4.78 is 0. The zero-order valence-electron chi connectivity index (χ0n) is 7.91. The van der Waals surface area contributed by atoms with Gasteiger partial charge in [-0.05, 0) is 19.4 Å². The highest BCUT2D eigenvalue weighted by Crippen LogP contribution is 1.98. The molecule has 2 N–H and O–H groups in total. The van der Waals surface area contributed by atoms with Crippen LogP contribution in [0.15, 0.2) is 36.0 Å². The van der Waals surface area contributed by atoms with Crippen LogP contribution in [0.5, 0.6) is 0 Å². The maximum atomic E-state index is 10.00. The first-order chi connectivity index (χ1) is 6.06. The Bertz CT molecular complexity index is 219. The van der Waals surface area contributed by atoms with E-state index < -0.39 is 5.39 Å². The molecule has 0 radical (unpaired) electrons. The summed E-state index contributed by atoms with van der Waals surface area (Å²) in [7, 11) is 0. The Kier molecular flexibility index (Phi) is 6.09. The van der Waals surface area contributed by atoms with Crippen molar-refractivity contribution in [3.63, 3.8) is 0 Å². The van der Waals surface area contributed by atoms with Gasteiger partial charge in [-0.15, -0.1) is 0 Å². The summed E-state index contributed by atoms with van der Waals surface area (Å²) in [6, 6.07) is 0. The monoisotopic (exact) mass is 185 g/mol. The maximum absolute atomic E-state index is 10.00. The van der Waals surface area contributed by atoms with E-state index in [9.17, 15) is 5.21 Å². The zero-order chi connectivity index (χ0) is 10.3. The van der Waals surface area contributed by atoms with Crippen LogP contribution in [-0.4, -0.2) is 11.8 Å². The summed E-state index contributed by atoms with van der Waals surface area (Å²) in [6.07, 6.45) is 5.54. The van der Waals surface area contributed by atoms with Gasteiger partial charge in [0, 0.05) is 0 Å². The SMILES string of the molecule is C=C(/C=C\C(C)=C/C)CO[NH+]([O-])O. The summed E-state index contributed by atoms with van der Waals surface area (Å²) in [4.78, 5) is 4.32. The molecule has 1 unspecified atom stereocenters. The Morgan fingerprint density at radius 3 is 2.69 bits per heavy atom. The van der Waals surface area contributed by atoms with Gasteiger partial charge in [-0.1, -0.05) is 35.8 Å². The van der Waals surface area contributed by atoms with E-state index in [0.717, 1.165) is 5.57 Å². The first-order valence-electron chi connectivity index (χ1n) is 3.90. The molecule has 0 aliphatic rings. The van der Waals surface area contributed by atoms with Gasteiger partial charge < -0.3 is 5.21 Å². The number of hydrogen-bond donors (Lipinski definition) is 2. The number of rotatable bonds is 5. The molecule has 0 fully saturated rings. The van der Waals surface area contributed by atoms with Crippen LogP contribution in [0.25, 0.3) is 0 Å². The quantitative estimate of drug-likeness (QED) is 0.491. The third-order valence-corrected chi connectivity index (χ3v) is 1.42. The van der Waals surface area contributed by atoms with Gasteiger partial charge in [0.2, 0.25) is 0 Å². The molecule has 4 nitrogen and oxygen atoms in total. The molecule has 13 heavy (non-hydrogen) atoms. The average molecular weight is 185 g/mol. The van der Waals surface area contributed by atoms with Gasteiger partial charge in [0.05, 0.1) is 0 Å². The van der Waals surface area contributed by atoms with Crippen molar-refractivity contribution < 1.29 is 15.4 Å². The molecule has 0 aromatic heterocycles. The zero-order valence-corrected chi connectivity index (χ0v) is 7.91. The lowest BCUT2D eigenvalue weighted by molar-refractivity contribution is -1.21. The molecule has 0 amide bonds. The van der Waals surface area contributed by atoms with Crippen LogP contribution in [0.4, 0.5) is 0 Å². The predicted molar refractivity (Wildman–Crippen MR) is 49.8 cm³/mol. The van der Waals surface area contributed by atoms with Gasteiger partial charge in [0.25, 0.3) is 0 Å². The summed E-state index contributed by atoms with van der Waals surface area (Å²) in [5, 5.41) is 16.9. The van der Waals surface area contributed by atoms with E-state index in [0.29, 0.717) is 5.57 Å². The molecule has 74 valence electrons. The Labute approximate surface area is 77.9 Å². The minimum atomic E-state index is -1.28. The molecule has 1 atom stereocenters. The van der Waals surface area contributed by atoms with Crippen molar-refractivity contribution in [1.29, 1.82) is 0 Å². The second-order valence-corrected chi connectivity index (χ2v) is 2.58. The average Bonchev–Trinajstić information content (AvgIpc) is 2.10. The van der Waals surface area contributed by atoms with Gasteiger partial charge in [-0.2, -0.15) is 10.0 Å². The normalized spacial score (nSPS) is 14.9. The fourth-order valence-corrected chi connectivity index (χ4v) is 0.548. The van der Waals surface area contributed by atoms with Crippen molar-refractivity contribution >= 4 is 0 Å². The first kappa shape index (κ1) is 12.1. The Morgan fingerprint density at radius 2 is 2.23 bits per heavy atom. The lowest BCUT2D eigenvalue weighted by atomic mass is 10.2. The van der Waals surface area contributed by atoms with Crippen LogP contribution in [0.1, 0.15) is 13.8 Å². The second kappa shape index (κ2) is 6.56. The van der Waals surface area contributed by atoms with Gasteiger partial charge in [-0.3, -0.25) is 0 Å². The molecule has 0 saturated carbocycles. The molecule has 0 aliphatic carbocycles. The van der Waals surface area contributed by atoms with E-state index in [1.165, 1.54) is 0 Å². The molecule has 4 heteroatoms. The number of nitrogens with one attached hydrogen (secondary N) is 1. The molecule has 0 aromatic carbocycles. The molecule has 0 bridgehead atoms. The fourth-order valence-electron chi connectivity index (χ4n) is 0.548. The van der Waals surface area contributed by atoms with E-state index >= 15 is 0 Å². The molecule has 0 spiro atoms. The Hall–Kier alpha value is -0.940. The largest absolute Gasteiger partial charge is 0.566 e. The molecule has 0 aromatic rings. The van der Waals surface area contributed by atoms with Gasteiger partial charge >= 0.3 is 0 Å². The second-order valence-electron chi connectivity index (χ2n) is 2.58. The molecule has 0 heterocycles. The van der Waals surface area contributed by atoms with Gasteiger partial charge in [-0.25, -0.2) is 0 Å². The van der Waals surface area contributed by atoms with Crippen molar-refractivity contribution in [2.75, 3.05) is 6.61 Å². The first-order valence-corrected chi connectivity index (χ1v) is 3.90. The van der Waals surface area contributed by atoms with Crippen LogP contribution >= 0.6 is 0 Å². The number of quaternary nitrogens is 1. The van der Waals surface area contributed by atoms with Crippen LogP contribution in [0.3, 0.4) is 0 Å². The topological polar surface area (TPSA) is 57.0 Å². The van der Waals surface area contributed by atoms with Crippen molar-refractivity contribution in [2.24, 2.45) is 0 Å². The summed E-state index contributed by atoms with van der Waals surface area (Å²) in [5.41, 5.74) is 1.72. The lowest BCUT2D eigenvalue weighted by Gasteiger charge is -2.09. The molecular formula is C9H15NO3. The van der Waals surface area contributed by atoms with E-state index in [2.05, 4.69) is 11.4 Å². The van der Waals surface area contributed by atoms with Crippen LogP contribution in [-0.2, 0) is 4.84 Å². The number of allylic oxidation sites excluding steroid dienone is 3. The van der Waals surface area contributed by atoms with Gasteiger partial charge in [0.15, 0.2) is 0 Å². The van der Waals surface area contributed by atoms with Crippen molar-refractivity contribution in [2.45, 2.75) is 13.8 Å². The van der Waals surface area contributed by atoms with Crippen molar-refractivity contribution in [3.8, 4) is 0 Å². The van der Waals surface area contributed by atoms with E-state index in [4.69, 9.17) is 5.21 Å². The minimum absolute atomic E-state index is 0.0167. The standard InChI is InChI=1S/C9H15NO3/c1-4-8(2)5-6-9(3)7-13-10(11)12/h4-6,10-11H,3,7H2,1-2H3/b6-5-,8-4-. The summed E-state index contributed by atoms with van der Waals surface area (Å²) in [6.45, 7) is 7.52. The van der Waals surface area contributed by atoms with Gasteiger partial charge in [0.1, 0.15) is 6.61 Å². The minimum Gasteiger partial charge on any atom is -0.566 e. The smallest absolute Gasteiger partial charge is 0.135 e. The van der Waals surface area contributed by atoms with Crippen LogP contribution in [0.2, 0.25) is 0 Å². The third kappa shape index (κ3) is 7.42. The Balaban J connectivity index is 3.81. The van der Waals surface area contributed by atoms with Crippen molar-refractivity contribution in [1.82, 2.24) is 0 Å². The highest BCUT2D eigenvalue weighted by Gasteiger charge is 1.93. The maximum Gasteiger partial charge on any atom is 0.135 e. The number of hydrogen-bond acceptors (Lipinski definition) is 3. The van der Waals surface area contributed by atoms with E-state index in [1.807, 2.05) is 26.0 Å². The van der Waals surface area contributed by atoms with E-state index in [-0.39, 0.29) is 6.61 Å². The predicted octanol–water partition coefficient (Wildman–Crippen LogP) is 0.768. The highest BCUT2D eigenvalue weighted by molar-refractivity contribution is 5.24. The van der Waals surface area contributed by atoms with Crippen LogP contribution < -0.4 is 5.39 Å². The third-order valence-electron chi connectivity index (χ3n) is 1.42. The molecule has 0 rings (SSSR count). The lowest BCUT2D eigenvalue weighted by Crippen LogP contribution is -3.03. The molecule has 0 saturated heterocycles. The van der Waals surface area contributed by atoms with Crippen molar-refractivity contribution in [3.05, 3.63) is 41.2 Å². The molecule has 0 aliphatic heterocycles.